The van der Waals surface area contributed by atoms with E-state index in [4.69, 9.17) is 14.2 Å². The van der Waals surface area contributed by atoms with Crippen molar-refractivity contribution in [2.24, 2.45) is 0 Å². The normalized spacial score (nSPS) is 11.3. The molecular formula is C25H25NO5. The van der Waals surface area contributed by atoms with Crippen LogP contribution in [0.3, 0.4) is 0 Å². The maximum Gasteiger partial charge on any atom is 0.342 e. The van der Waals surface area contributed by atoms with Crippen LogP contribution in [0.25, 0.3) is 0 Å². The first kappa shape index (κ1) is 21.9. The lowest BCUT2D eigenvalue weighted by molar-refractivity contribution is -0.124. The van der Waals surface area contributed by atoms with E-state index >= 15 is 0 Å². The first-order chi connectivity index (χ1) is 15.0. The molecule has 160 valence electrons. The van der Waals surface area contributed by atoms with Crippen LogP contribution < -0.4 is 14.8 Å². The van der Waals surface area contributed by atoms with Crippen LogP contribution in [-0.2, 0) is 9.53 Å². The largest absolute Gasteiger partial charge is 0.497 e. The minimum atomic E-state index is -0.614. The molecule has 0 aromatic heterocycles. The average Bonchev–Trinajstić information content (AvgIpc) is 2.81. The Morgan fingerprint density at radius 2 is 1.55 bits per heavy atom. The van der Waals surface area contributed by atoms with E-state index in [2.05, 4.69) is 5.32 Å². The van der Waals surface area contributed by atoms with E-state index in [0.717, 1.165) is 22.4 Å². The molecule has 0 aliphatic carbocycles. The predicted molar refractivity (Wildman–Crippen MR) is 117 cm³/mol. The zero-order valence-electron chi connectivity index (χ0n) is 17.8. The van der Waals surface area contributed by atoms with E-state index in [0.29, 0.717) is 5.75 Å². The van der Waals surface area contributed by atoms with Gasteiger partial charge in [-0.15, -0.1) is 0 Å². The third kappa shape index (κ3) is 5.63. The van der Waals surface area contributed by atoms with Gasteiger partial charge in [0.1, 0.15) is 17.1 Å². The minimum absolute atomic E-state index is 0.282. The molecule has 3 rings (SSSR count). The molecule has 0 unspecified atom stereocenters. The van der Waals surface area contributed by atoms with E-state index in [1.165, 1.54) is 7.11 Å². The molecule has 0 aliphatic rings. The van der Waals surface area contributed by atoms with E-state index in [-0.39, 0.29) is 5.56 Å². The number of methoxy groups -OCH3 is 2. The number of benzene rings is 3. The highest BCUT2D eigenvalue weighted by molar-refractivity contribution is 5.94. The van der Waals surface area contributed by atoms with Crippen molar-refractivity contribution in [2.75, 3.05) is 20.8 Å². The van der Waals surface area contributed by atoms with Gasteiger partial charge in [-0.05, 0) is 42.3 Å². The molecular weight excluding hydrogens is 394 g/mol. The molecule has 0 saturated heterocycles. The monoisotopic (exact) mass is 419 g/mol. The Hall–Kier alpha value is -3.80. The Morgan fingerprint density at radius 3 is 2.19 bits per heavy atom. The molecule has 31 heavy (non-hydrogen) atoms. The highest BCUT2D eigenvalue weighted by Crippen LogP contribution is 2.24. The second-order valence-corrected chi connectivity index (χ2v) is 6.96. The van der Waals surface area contributed by atoms with Crippen molar-refractivity contribution in [1.29, 1.82) is 0 Å². The summed E-state index contributed by atoms with van der Waals surface area (Å²) in [5.74, 6) is 0.0976. The van der Waals surface area contributed by atoms with Crippen LogP contribution in [0, 0.1) is 6.92 Å². The Labute approximate surface area is 181 Å². The van der Waals surface area contributed by atoms with Crippen LogP contribution in [0.4, 0.5) is 0 Å². The maximum atomic E-state index is 12.6. The quantitative estimate of drug-likeness (QED) is 0.557. The molecule has 6 heteroatoms. The van der Waals surface area contributed by atoms with Crippen molar-refractivity contribution >= 4 is 11.9 Å². The van der Waals surface area contributed by atoms with Gasteiger partial charge < -0.3 is 19.5 Å². The second-order valence-electron chi connectivity index (χ2n) is 6.96. The first-order valence-corrected chi connectivity index (χ1v) is 9.82. The molecule has 0 bridgehead atoms. The molecule has 1 N–H and O–H groups in total. The smallest absolute Gasteiger partial charge is 0.342 e. The fourth-order valence-electron chi connectivity index (χ4n) is 3.19. The van der Waals surface area contributed by atoms with Gasteiger partial charge in [0, 0.05) is 0 Å². The van der Waals surface area contributed by atoms with E-state index in [1.54, 1.807) is 19.2 Å². The second kappa shape index (κ2) is 10.3. The number of amides is 1. The number of carbonyl (C=O) groups is 2. The summed E-state index contributed by atoms with van der Waals surface area (Å²) < 4.78 is 15.7. The molecule has 0 aliphatic heterocycles. The predicted octanol–water partition coefficient (Wildman–Crippen LogP) is 4.07. The van der Waals surface area contributed by atoms with Crippen molar-refractivity contribution in [3.8, 4) is 11.5 Å². The summed E-state index contributed by atoms with van der Waals surface area (Å²) in [6, 6.07) is 21.8. The molecule has 0 heterocycles. The lowest BCUT2D eigenvalue weighted by Gasteiger charge is -2.20. The number of hydrogen-bond acceptors (Lipinski definition) is 5. The van der Waals surface area contributed by atoms with Crippen LogP contribution in [0.15, 0.2) is 72.8 Å². The Morgan fingerprint density at radius 1 is 0.871 bits per heavy atom. The van der Waals surface area contributed by atoms with Crippen molar-refractivity contribution in [3.05, 3.63) is 95.1 Å². The summed E-state index contributed by atoms with van der Waals surface area (Å²) in [5.41, 5.74) is 2.96. The van der Waals surface area contributed by atoms with Gasteiger partial charge in [-0.3, -0.25) is 4.79 Å². The summed E-state index contributed by atoms with van der Waals surface area (Å²) in [5, 5.41) is 2.95. The molecule has 0 saturated carbocycles. The number of rotatable bonds is 8. The minimum Gasteiger partial charge on any atom is -0.497 e. The zero-order valence-corrected chi connectivity index (χ0v) is 17.8. The number of carbonyl (C=O) groups excluding carboxylic acids is 2. The van der Waals surface area contributed by atoms with Gasteiger partial charge in [-0.25, -0.2) is 4.79 Å². The number of hydrogen-bond donors (Lipinski definition) is 1. The van der Waals surface area contributed by atoms with Gasteiger partial charge in [-0.2, -0.15) is 0 Å². The van der Waals surface area contributed by atoms with Crippen molar-refractivity contribution in [1.82, 2.24) is 5.32 Å². The van der Waals surface area contributed by atoms with Gasteiger partial charge in [0.25, 0.3) is 5.91 Å². The third-order valence-corrected chi connectivity index (χ3v) is 4.80. The number of ether oxygens (including phenoxy) is 3. The summed E-state index contributed by atoms with van der Waals surface area (Å²) in [6.07, 6.45) is 0. The molecule has 3 aromatic carbocycles. The molecule has 1 atom stereocenters. The van der Waals surface area contributed by atoms with Crippen LogP contribution >= 0.6 is 0 Å². The topological polar surface area (TPSA) is 73.9 Å². The van der Waals surface area contributed by atoms with E-state index in [9.17, 15) is 9.59 Å². The first-order valence-electron chi connectivity index (χ1n) is 9.82. The SMILES string of the molecule is COc1ccc([C@@H](NC(=O)COC(=O)c2cc(C)ccc2OC)c2ccccc2)cc1. The Bertz CT molecular complexity index is 1030. The van der Waals surface area contributed by atoms with Crippen LogP contribution in [0.1, 0.15) is 33.1 Å². The fourth-order valence-corrected chi connectivity index (χ4v) is 3.19. The molecule has 0 spiro atoms. The van der Waals surface area contributed by atoms with Gasteiger partial charge >= 0.3 is 5.97 Å². The highest BCUT2D eigenvalue weighted by Gasteiger charge is 2.20. The lowest BCUT2D eigenvalue weighted by Crippen LogP contribution is -2.33. The molecule has 0 radical (unpaired) electrons. The zero-order chi connectivity index (χ0) is 22.2. The molecule has 3 aromatic rings. The fraction of sp³-hybridized carbons (Fsp3) is 0.200. The lowest BCUT2D eigenvalue weighted by atomic mass is 9.98. The number of aryl methyl sites for hydroxylation is 1. The van der Waals surface area contributed by atoms with Gasteiger partial charge in [-0.1, -0.05) is 54.1 Å². The molecule has 6 nitrogen and oxygen atoms in total. The maximum absolute atomic E-state index is 12.6. The van der Waals surface area contributed by atoms with Gasteiger partial charge in [0.2, 0.25) is 0 Å². The van der Waals surface area contributed by atoms with Crippen molar-refractivity contribution in [3.63, 3.8) is 0 Å². The Kier molecular flexibility index (Phi) is 7.27. The standard InChI is InChI=1S/C25H25NO5/c1-17-9-14-22(30-3)21(15-17)25(28)31-16-23(27)26-24(18-7-5-4-6-8-18)19-10-12-20(29-2)13-11-19/h4-15,24H,16H2,1-3H3,(H,26,27)/t24-/m0/s1. The van der Waals surface area contributed by atoms with Crippen molar-refractivity contribution in [2.45, 2.75) is 13.0 Å². The summed E-state index contributed by atoms with van der Waals surface area (Å²) in [7, 11) is 3.08. The van der Waals surface area contributed by atoms with E-state index < -0.39 is 24.5 Å². The highest BCUT2D eigenvalue weighted by atomic mass is 16.5. The van der Waals surface area contributed by atoms with Gasteiger partial charge in [0.15, 0.2) is 6.61 Å². The van der Waals surface area contributed by atoms with Crippen LogP contribution in [-0.4, -0.2) is 32.7 Å². The third-order valence-electron chi connectivity index (χ3n) is 4.80. The van der Waals surface area contributed by atoms with Crippen molar-refractivity contribution < 1.29 is 23.8 Å². The number of nitrogens with one attached hydrogen (secondary N) is 1. The number of esters is 1. The van der Waals surface area contributed by atoms with Crippen LogP contribution in [0.5, 0.6) is 11.5 Å². The summed E-state index contributed by atoms with van der Waals surface area (Å²) in [4.78, 5) is 25.1. The van der Waals surface area contributed by atoms with E-state index in [1.807, 2.05) is 67.6 Å². The van der Waals surface area contributed by atoms with Crippen LogP contribution in [0.2, 0.25) is 0 Å². The molecule has 1 amide bonds. The summed E-state index contributed by atoms with van der Waals surface area (Å²) in [6.45, 7) is 1.46. The summed E-state index contributed by atoms with van der Waals surface area (Å²) >= 11 is 0. The Balaban J connectivity index is 1.72. The average molecular weight is 419 g/mol. The van der Waals surface area contributed by atoms with Gasteiger partial charge in [0.05, 0.1) is 20.3 Å². The molecule has 0 fully saturated rings.